The number of carbonyl (C=O) groups is 1. The monoisotopic (exact) mass is 403 g/mol. The lowest BCUT2D eigenvalue weighted by Crippen LogP contribution is -2.47. The second-order valence-electron chi connectivity index (χ2n) is 7.79. The first-order valence-electron chi connectivity index (χ1n) is 9.94. The summed E-state index contributed by atoms with van der Waals surface area (Å²) in [6.07, 6.45) is 4.15. The highest BCUT2D eigenvalue weighted by Crippen LogP contribution is 2.37. The van der Waals surface area contributed by atoms with Crippen molar-refractivity contribution >= 4 is 11.8 Å². The third kappa shape index (κ3) is 3.24. The Labute approximate surface area is 173 Å². The number of piperidine rings is 1. The summed E-state index contributed by atoms with van der Waals surface area (Å²) in [6, 6.07) is 11.1. The first-order valence-corrected chi connectivity index (χ1v) is 9.94. The molecule has 30 heavy (non-hydrogen) atoms. The number of carbonyl (C=O) groups excluding carboxylic acids is 1. The van der Waals surface area contributed by atoms with Crippen LogP contribution >= 0.6 is 0 Å². The molecule has 8 nitrogen and oxygen atoms in total. The Bertz CT molecular complexity index is 1160. The van der Waals surface area contributed by atoms with E-state index >= 15 is 0 Å². The van der Waals surface area contributed by atoms with Crippen LogP contribution in [0.2, 0.25) is 0 Å². The number of hydrogen-bond acceptors (Lipinski definition) is 7. The first-order chi connectivity index (χ1) is 14.6. The molecule has 0 radical (unpaired) electrons. The second-order valence-corrected chi connectivity index (χ2v) is 7.79. The quantitative estimate of drug-likeness (QED) is 0.619. The Balaban J connectivity index is 1.49. The molecule has 2 bridgehead atoms. The van der Waals surface area contributed by atoms with Crippen molar-refractivity contribution in [3.63, 3.8) is 0 Å². The molecule has 3 aromatic heterocycles. The van der Waals surface area contributed by atoms with Crippen LogP contribution < -0.4 is 10.5 Å². The van der Waals surface area contributed by atoms with Crippen molar-refractivity contribution in [2.45, 2.75) is 18.9 Å². The molecule has 1 saturated heterocycles. The number of esters is 1. The summed E-state index contributed by atoms with van der Waals surface area (Å²) in [5.74, 6) is 0.765. The van der Waals surface area contributed by atoms with Gasteiger partial charge in [-0.15, -0.1) is 0 Å². The number of aromatic nitrogens is 4. The third-order valence-electron chi connectivity index (χ3n) is 5.89. The molecule has 0 aromatic carbocycles. The SMILES string of the molecule is COC(=O)c1cc(N2C[C@@H]3C[C@H](C2)c2cc(-c4ccccn4)cc(=O)n2C3)ncn1. The smallest absolute Gasteiger partial charge is 0.356 e. The number of ether oxygens (including phenoxy) is 1. The van der Waals surface area contributed by atoms with Crippen LogP contribution in [0.25, 0.3) is 11.3 Å². The summed E-state index contributed by atoms with van der Waals surface area (Å²) < 4.78 is 6.68. The normalized spacial score (nSPS) is 19.8. The molecule has 0 aliphatic carbocycles. The minimum Gasteiger partial charge on any atom is -0.464 e. The second kappa shape index (κ2) is 7.37. The van der Waals surface area contributed by atoms with Gasteiger partial charge in [0, 0.05) is 55.1 Å². The molecule has 0 amide bonds. The maximum Gasteiger partial charge on any atom is 0.356 e. The van der Waals surface area contributed by atoms with Crippen molar-refractivity contribution in [3.05, 3.63) is 70.7 Å². The van der Waals surface area contributed by atoms with Gasteiger partial charge in [0.15, 0.2) is 5.69 Å². The van der Waals surface area contributed by atoms with Crippen molar-refractivity contribution in [1.29, 1.82) is 0 Å². The molecule has 2 aliphatic heterocycles. The lowest BCUT2D eigenvalue weighted by Gasteiger charge is -2.43. The van der Waals surface area contributed by atoms with E-state index in [-0.39, 0.29) is 17.2 Å². The predicted octanol–water partition coefficient (Wildman–Crippen LogP) is 2.11. The summed E-state index contributed by atoms with van der Waals surface area (Å²) in [7, 11) is 1.34. The molecule has 1 fully saturated rings. The van der Waals surface area contributed by atoms with Gasteiger partial charge < -0.3 is 14.2 Å². The molecule has 3 aromatic rings. The fraction of sp³-hybridized carbons (Fsp3) is 0.318. The van der Waals surface area contributed by atoms with Crippen LogP contribution in [0.1, 0.15) is 28.5 Å². The highest BCUT2D eigenvalue weighted by molar-refractivity contribution is 5.87. The van der Waals surface area contributed by atoms with Gasteiger partial charge in [0.1, 0.15) is 12.1 Å². The van der Waals surface area contributed by atoms with Crippen molar-refractivity contribution in [2.24, 2.45) is 5.92 Å². The van der Waals surface area contributed by atoms with E-state index in [4.69, 9.17) is 4.74 Å². The summed E-state index contributed by atoms with van der Waals surface area (Å²) in [6.45, 7) is 2.18. The number of anilines is 1. The van der Waals surface area contributed by atoms with Gasteiger partial charge in [0.05, 0.1) is 12.8 Å². The van der Waals surface area contributed by atoms with Crippen LogP contribution in [0.3, 0.4) is 0 Å². The van der Waals surface area contributed by atoms with Crippen LogP contribution in [-0.2, 0) is 11.3 Å². The Kier molecular flexibility index (Phi) is 4.54. The average Bonchev–Trinajstić information content (AvgIpc) is 2.79. The van der Waals surface area contributed by atoms with Crippen LogP contribution in [-0.4, -0.2) is 45.7 Å². The number of fused-ring (bicyclic) bond motifs is 4. The van der Waals surface area contributed by atoms with Crippen molar-refractivity contribution in [1.82, 2.24) is 19.5 Å². The molecule has 0 N–H and O–H groups in total. The van der Waals surface area contributed by atoms with Crippen LogP contribution in [0.4, 0.5) is 5.82 Å². The van der Waals surface area contributed by atoms with Crippen molar-refractivity contribution in [3.8, 4) is 11.3 Å². The van der Waals surface area contributed by atoms with Crippen molar-refractivity contribution < 1.29 is 9.53 Å². The predicted molar refractivity (Wildman–Crippen MR) is 110 cm³/mol. The zero-order valence-electron chi connectivity index (χ0n) is 16.6. The maximum atomic E-state index is 12.8. The van der Waals surface area contributed by atoms with Gasteiger partial charge in [0.2, 0.25) is 0 Å². The molecule has 2 aliphatic rings. The van der Waals surface area contributed by atoms with Crippen molar-refractivity contribution in [2.75, 3.05) is 25.1 Å². The van der Waals surface area contributed by atoms with Gasteiger partial charge in [-0.25, -0.2) is 14.8 Å². The van der Waals surface area contributed by atoms with Crippen LogP contribution in [0.15, 0.2) is 53.7 Å². The number of methoxy groups -OCH3 is 1. The van der Waals surface area contributed by atoms with Crippen LogP contribution in [0, 0.1) is 5.92 Å². The zero-order chi connectivity index (χ0) is 20.7. The summed E-state index contributed by atoms with van der Waals surface area (Å²) in [4.78, 5) is 39.6. The van der Waals surface area contributed by atoms with Gasteiger partial charge in [-0.2, -0.15) is 0 Å². The van der Waals surface area contributed by atoms with E-state index in [9.17, 15) is 9.59 Å². The molecule has 5 heterocycles. The maximum absolute atomic E-state index is 12.8. The van der Waals surface area contributed by atoms with E-state index in [1.54, 1.807) is 18.3 Å². The molecular weight excluding hydrogens is 382 g/mol. The fourth-order valence-corrected chi connectivity index (χ4v) is 4.56. The molecule has 0 saturated carbocycles. The first kappa shape index (κ1) is 18.5. The number of hydrogen-bond donors (Lipinski definition) is 0. The van der Waals surface area contributed by atoms with Gasteiger partial charge in [-0.1, -0.05) is 6.07 Å². The molecule has 0 spiro atoms. The average molecular weight is 403 g/mol. The summed E-state index contributed by atoms with van der Waals surface area (Å²) in [5, 5.41) is 0. The largest absolute Gasteiger partial charge is 0.464 e. The van der Waals surface area contributed by atoms with E-state index in [1.807, 2.05) is 22.8 Å². The molecule has 5 rings (SSSR count). The Morgan fingerprint density at radius 2 is 2.00 bits per heavy atom. The van der Waals surface area contributed by atoms with Gasteiger partial charge in [0.25, 0.3) is 5.56 Å². The zero-order valence-corrected chi connectivity index (χ0v) is 16.6. The van der Waals surface area contributed by atoms with Gasteiger partial charge in [-0.05, 0) is 30.5 Å². The topological polar surface area (TPSA) is 90.2 Å². The van der Waals surface area contributed by atoms with Gasteiger partial charge >= 0.3 is 5.97 Å². The Morgan fingerprint density at radius 1 is 1.10 bits per heavy atom. The fourth-order valence-electron chi connectivity index (χ4n) is 4.56. The number of rotatable bonds is 3. The molecular formula is C22H21N5O3. The van der Waals surface area contributed by atoms with E-state index in [0.717, 1.165) is 36.5 Å². The van der Waals surface area contributed by atoms with Crippen LogP contribution in [0.5, 0.6) is 0 Å². The molecule has 8 heteroatoms. The Morgan fingerprint density at radius 3 is 2.80 bits per heavy atom. The highest BCUT2D eigenvalue weighted by Gasteiger charge is 2.35. The molecule has 152 valence electrons. The summed E-state index contributed by atoms with van der Waals surface area (Å²) >= 11 is 0. The number of nitrogens with zero attached hydrogens (tertiary/aromatic N) is 5. The Hall–Kier alpha value is -3.55. The standard InChI is InChI=1S/C22H21N5O3/c1-30-22(29)18-9-20(25-13-24-18)26-10-14-6-16(12-26)19-7-15(8-21(28)27(19)11-14)17-4-2-3-5-23-17/h2-5,7-9,13-14,16H,6,10-12H2,1H3/t14-,16+/m0/s1. The minimum absolute atomic E-state index is 0.0197. The van der Waals surface area contributed by atoms with Gasteiger partial charge in [-0.3, -0.25) is 9.78 Å². The number of pyridine rings is 2. The third-order valence-corrected chi connectivity index (χ3v) is 5.89. The van der Waals surface area contributed by atoms with E-state index < -0.39 is 5.97 Å². The molecule has 0 unspecified atom stereocenters. The summed E-state index contributed by atoms with van der Waals surface area (Å²) in [5.41, 5.74) is 2.94. The van der Waals surface area contributed by atoms with E-state index in [0.29, 0.717) is 18.3 Å². The van der Waals surface area contributed by atoms with E-state index in [2.05, 4.69) is 25.9 Å². The lowest BCUT2D eigenvalue weighted by atomic mass is 9.82. The van der Waals surface area contributed by atoms with E-state index in [1.165, 1.54) is 13.4 Å². The molecule has 2 atom stereocenters. The lowest BCUT2D eigenvalue weighted by molar-refractivity contribution is 0.0594. The minimum atomic E-state index is -0.479. The highest BCUT2D eigenvalue weighted by atomic mass is 16.5.